The predicted molar refractivity (Wildman–Crippen MR) is 183 cm³/mol. The molecule has 0 aliphatic heterocycles. The Morgan fingerprint density at radius 1 is 0.478 bits per heavy atom. The number of nitrogens with zero attached hydrogens (tertiary/aromatic N) is 2. The number of para-hydroxylation sites is 5. The molecule has 218 valence electrons. The maximum absolute atomic E-state index is 6.29. The summed E-state index contributed by atoms with van der Waals surface area (Å²) in [5, 5.41) is 2.36. The van der Waals surface area contributed by atoms with E-state index >= 15 is 0 Å². The number of rotatable bonds is 3. The Labute approximate surface area is 263 Å². The Kier molecular flexibility index (Phi) is 5.00. The minimum Gasteiger partial charge on any atom is -0.456 e. The number of oxazole rings is 2. The van der Waals surface area contributed by atoms with Gasteiger partial charge in [0.25, 0.3) is 0 Å². The van der Waals surface area contributed by atoms with Gasteiger partial charge in [0.1, 0.15) is 22.2 Å². The van der Waals surface area contributed by atoms with Crippen LogP contribution in [0.5, 0.6) is 0 Å². The first-order valence-electron chi connectivity index (χ1n) is 15.5. The minimum atomic E-state index is -0.242. The number of hydrogen-bond donors (Lipinski definition) is 0. The monoisotopic (exact) mass is 594 g/mol. The van der Waals surface area contributed by atoms with Crippen molar-refractivity contribution >= 4 is 44.1 Å². The average Bonchev–Trinajstić information content (AvgIpc) is 3.85. The Morgan fingerprint density at radius 2 is 1.07 bits per heavy atom. The first kappa shape index (κ1) is 25.4. The molecule has 0 radical (unpaired) electrons. The van der Waals surface area contributed by atoms with Crippen molar-refractivity contribution < 1.29 is 13.3 Å². The maximum Gasteiger partial charge on any atom is 0.227 e. The van der Waals surface area contributed by atoms with Gasteiger partial charge in [0, 0.05) is 27.3 Å². The van der Waals surface area contributed by atoms with Gasteiger partial charge < -0.3 is 13.3 Å². The summed E-state index contributed by atoms with van der Waals surface area (Å²) in [4.78, 5) is 9.65. The molecule has 0 saturated heterocycles. The summed E-state index contributed by atoms with van der Waals surface area (Å²) in [5.41, 5.74) is 13.7. The molecule has 0 fully saturated rings. The van der Waals surface area contributed by atoms with Crippen LogP contribution < -0.4 is 0 Å². The van der Waals surface area contributed by atoms with Gasteiger partial charge in [-0.2, -0.15) is 0 Å². The fraction of sp³-hybridized carbons (Fsp3) is 0.0732. The zero-order chi connectivity index (χ0) is 30.6. The fourth-order valence-corrected chi connectivity index (χ4v) is 7.33. The minimum absolute atomic E-state index is 0.242. The highest BCUT2D eigenvalue weighted by atomic mass is 16.4. The summed E-state index contributed by atoms with van der Waals surface area (Å²) in [6, 6.07) is 41.5. The molecule has 0 unspecified atom stereocenters. The van der Waals surface area contributed by atoms with Crippen molar-refractivity contribution in [2.75, 3.05) is 0 Å². The summed E-state index contributed by atoms with van der Waals surface area (Å²) < 4.78 is 18.8. The Bertz CT molecular complexity index is 2530. The van der Waals surface area contributed by atoms with Gasteiger partial charge in [0.05, 0.1) is 0 Å². The molecule has 5 nitrogen and oxygen atoms in total. The van der Waals surface area contributed by atoms with Gasteiger partial charge in [-0.3, -0.25) is 0 Å². The second kappa shape index (κ2) is 9.05. The third kappa shape index (κ3) is 3.57. The lowest BCUT2D eigenvalue weighted by atomic mass is 9.79. The Morgan fingerprint density at radius 3 is 1.74 bits per heavy atom. The zero-order valence-electron chi connectivity index (χ0n) is 25.2. The summed E-state index contributed by atoms with van der Waals surface area (Å²) in [6.07, 6.45) is 0. The van der Waals surface area contributed by atoms with E-state index in [9.17, 15) is 0 Å². The van der Waals surface area contributed by atoms with E-state index < -0.39 is 0 Å². The molecule has 6 aromatic carbocycles. The zero-order valence-corrected chi connectivity index (χ0v) is 25.2. The molecule has 0 spiro atoms. The molecule has 0 amide bonds. The SMILES string of the molecule is CC1(C)c2cc(-c3cc(-c4nc5ccccc5o4)cc(-c4nc5ccccc5o4)c3)ccc2-c2ccc3oc4ccccc4c3c21. The Balaban J connectivity index is 1.17. The van der Waals surface area contributed by atoms with E-state index in [2.05, 4.69) is 68.4 Å². The smallest absolute Gasteiger partial charge is 0.227 e. The number of fused-ring (bicyclic) bond motifs is 9. The highest BCUT2D eigenvalue weighted by Crippen LogP contribution is 2.53. The molecule has 0 bridgehead atoms. The topological polar surface area (TPSA) is 65.2 Å². The fourth-order valence-electron chi connectivity index (χ4n) is 7.33. The standard InChI is InChI=1S/C41H26N2O3/c1-41(2)30-22-23(15-16-27(30)28-17-18-36-37(38(28)41)29-9-3-6-12-33(29)44-36)24-19-25(39-42-31-10-4-7-13-34(31)45-39)21-26(20-24)40-43-32-11-5-8-14-35(32)46-40/h3-22H,1-2H3. The molecule has 0 atom stereocenters. The number of hydrogen-bond acceptors (Lipinski definition) is 5. The van der Waals surface area contributed by atoms with Crippen LogP contribution >= 0.6 is 0 Å². The maximum atomic E-state index is 6.29. The van der Waals surface area contributed by atoms with Crippen molar-refractivity contribution in [1.82, 2.24) is 9.97 Å². The quantitative estimate of drug-likeness (QED) is 0.204. The van der Waals surface area contributed by atoms with Crippen molar-refractivity contribution in [2.24, 2.45) is 0 Å². The molecular weight excluding hydrogens is 568 g/mol. The van der Waals surface area contributed by atoms with E-state index in [1.165, 1.54) is 27.6 Å². The number of furan rings is 1. The van der Waals surface area contributed by atoms with E-state index in [1.807, 2.05) is 66.7 Å². The van der Waals surface area contributed by atoms with Crippen LogP contribution in [0, 0.1) is 0 Å². The number of aromatic nitrogens is 2. The molecule has 0 N–H and O–H groups in total. The second-order valence-electron chi connectivity index (χ2n) is 12.6. The van der Waals surface area contributed by atoms with E-state index in [1.54, 1.807) is 0 Å². The largest absolute Gasteiger partial charge is 0.456 e. The van der Waals surface area contributed by atoms with Crippen LogP contribution in [-0.4, -0.2) is 9.97 Å². The van der Waals surface area contributed by atoms with Crippen LogP contribution in [0.3, 0.4) is 0 Å². The van der Waals surface area contributed by atoms with Crippen molar-refractivity contribution in [3.8, 4) is 45.2 Å². The van der Waals surface area contributed by atoms with Crippen molar-refractivity contribution in [2.45, 2.75) is 19.3 Å². The van der Waals surface area contributed by atoms with Gasteiger partial charge in [0.15, 0.2) is 11.2 Å². The third-order valence-electron chi connectivity index (χ3n) is 9.50. The van der Waals surface area contributed by atoms with E-state index in [0.717, 1.165) is 61.0 Å². The summed E-state index contributed by atoms with van der Waals surface area (Å²) in [7, 11) is 0. The lowest BCUT2D eigenvalue weighted by Gasteiger charge is -2.23. The van der Waals surface area contributed by atoms with Crippen molar-refractivity contribution in [3.63, 3.8) is 0 Å². The van der Waals surface area contributed by atoms with Gasteiger partial charge in [-0.15, -0.1) is 0 Å². The molecule has 1 aliphatic carbocycles. The first-order valence-corrected chi connectivity index (χ1v) is 15.5. The molecule has 3 heterocycles. The van der Waals surface area contributed by atoms with E-state index in [-0.39, 0.29) is 5.41 Å². The van der Waals surface area contributed by atoms with Gasteiger partial charge in [-0.1, -0.05) is 74.5 Å². The van der Waals surface area contributed by atoms with Crippen LogP contribution in [0.25, 0.3) is 89.3 Å². The average molecular weight is 595 g/mol. The highest BCUT2D eigenvalue weighted by Gasteiger charge is 2.38. The van der Waals surface area contributed by atoms with Crippen LogP contribution in [0.2, 0.25) is 0 Å². The summed E-state index contributed by atoms with van der Waals surface area (Å²) >= 11 is 0. The summed E-state index contributed by atoms with van der Waals surface area (Å²) in [5.74, 6) is 1.12. The van der Waals surface area contributed by atoms with Gasteiger partial charge in [-0.25, -0.2) is 9.97 Å². The molecule has 0 saturated carbocycles. The van der Waals surface area contributed by atoms with Gasteiger partial charge in [0.2, 0.25) is 11.8 Å². The molecule has 3 aromatic heterocycles. The van der Waals surface area contributed by atoms with Crippen LogP contribution in [-0.2, 0) is 5.41 Å². The first-order chi connectivity index (χ1) is 22.5. The molecule has 10 rings (SSSR count). The third-order valence-corrected chi connectivity index (χ3v) is 9.50. The van der Waals surface area contributed by atoms with Crippen LogP contribution in [0.4, 0.5) is 0 Å². The molecular formula is C41H26N2O3. The van der Waals surface area contributed by atoms with Gasteiger partial charge >= 0.3 is 0 Å². The highest BCUT2D eigenvalue weighted by molar-refractivity contribution is 6.11. The Hall–Kier alpha value is -5.94. The molecule has 1 aliphatic rings. The van der Waals surface area contributed by atoms with Gasteiger partial charge in [-0.05, 0) is 94.0 Å². The predicted octanol–water partition coefficient (Wildman–Crippen LogP) is 11.2. The number of benzene rings is 6. The molecule has 9 aromatic rings. The lowest BCUT2D eigenvalue weighted by molar-refractivity contribution is 0.617. The molecule has 5 heteroatoms. The molecule has 46 heavy (non-hydrogen) atoms. The van der Waals surface area contributed by atoms with Crippen LogP contribution in [0.1, 0.15) is 25.0 Å². The normalized spacial score (nSPS) is 13.6. The lowest BCUT2D eigenvalue weighted by Crippen LogP contribution is -2.15. The van der Waals surface area contributed by atoms with Crippen LogP contribution in [0.15, 0.2) is 135 Å². The van der Waals surface area contributed by atoms with Crippen molar-refractivity contribution in [1.29, 1.82) is 0 Å². The van der Waals surface area contributed by atoms with Crippen molar-refractivity contribution in [3.05, 3.63) is 132 Å². The second-order valence-corrected chi connectivity index (χ2v) is 12.6. The summed E-state index contributed by atoms with van der Waals surface area (Å²) in [6.45, 7) is 4.64. The van der Waals surface area contributed by atoms with E-state index in [4.69, 9.17) is 23.2 Å². The van der Waals surface area contributed by atoms with E-state index in [0.29, 0.717) is 11.8 Å².